The molecule has 0 spiro atoms. The van der Waals surface area contributed by atoms with Crippen molar-refractivity contribution >= 4 is 23.4 Å². The molecule has 1 aliphatic heterocycles. The SMILES string of the molecule is O=C(c1ccccc1[N+](=O)[O-])N(Cc1ccccc1)N1C(=O)[C@@H]2CCCC[C@H]2C1=O. The lowest BCUT2D eigenvalue weighted by atomic mass is 9.81. The fourth-order valence-corrected chi connectivity index (χ4v) is 4.33. The van der Waals surface area contributed by atoms with Gasteiger partial charge in [0, 0.05) is 6.07 Å². The molecule has 3 amide bonds. The molecule has 2 aromatic carbocycles. The van der Waals surface area contributed by atoms with E-state index in [1.54, 1.807) is 24.3 Å². The van der Waals surface area contributed by atoms with Gasteiger partial charge in [-0.05, 0) is 24.5 Å². The normalized spacial score (nSPS) is 20.7. The van der Waals surface area contributed by atoms with Crippen LogP contribution in [0.5, 0.6) is 0 Å². The summed E-state index contributed by atoms with van der Waals surface area (Å²) in [5, 5.41) is 13.5. The second-order valence-corrected chi connectivity index (χ2v) is 7.61. The second kappa shape index (κ2) is 8.06. The number of nitrogens with zero attached hydrogens (tertiary/aromatic N) is 3. The van der Waals surface area contributed by atoms with E-state index < -0.39 is 34.5 Å². The zero-order chi connectivity index (χ0) is 21.3. The predicted molar refractivity (Wildman–Crippen MR) is 107 cm³/mol. The molecule has 1 aliphatic carbocycles. The highest BCUT2D eigenvalue weighted by Crippen LogP contribution is 2.39. The standard InChI is InChI=1S/C22H21N3O5/c26-20(18-12-6-7-13-19(18)25(29)30)23(14-15-8-2-1-3-9-15)24-21(27)16-10-4-5-11-17(16)22(24)28/h1-3,6-9,12-13,16-17H,4-5,10-11,14H2/t16-,17-/m1/s1. The third-order valence-corrected chi connectivity index (χ3v) is 5.80. The number of para-hydroxylation sites is 1. The highest BCUT2D eigenvalue weighted by molar-refractivity contribution is 6.08. The van der Waals surface area contributed by atoms with E-state index in [4.69, 9.17) is 0 Å². The Hall–Kier alpha value is -3.55. The number of nitro groups is 1. The van der Waals surface area contributed by atoms with Gasteiger partial charge < -0.3 is 0 Å². The number of rotatable bonds is 5. The van der Waals surface area contributed by atoms with Gasteiger partial charge in [-0.3, -0.25) is 24.5 Å². The van der Waals surface area contributed by atoms with E-state index in [0.29, 0.717) is 18.4 Å². The molecule has 0 radical (unpaired) electrons. The van der Waals surface area contributed by atoms with Gasteiger partial charge in [0.15, 0.2) is 0 Å². The van der Waals surface area contributed by atoms with Crippen LogP contribution < -0.4 is 0 Å². The van der Waals surface area contributed by atoms with E-state index >= 15 is 0 Å². The van der Waals surface area contributed by atoms with Gasteiger partial charge in [-0.15, -0.1) is 0 Å². The van der Waals surface area contributed by atoms with E-state index in [2.05, 4.69) is 0 Å². The van der Waals surface area contributed by atoms with Gasteiger partial charge in [-0.25, -0.2) is 5.01 Å². The molecule has 8 heteroatoms. The van der Waals surface area contributed by atoms with Crippen molar-refractivity contribution in [2.24, 2.45) is 11.8 Å². The number of imide groups is 1. The van der Waals surface area contributed by atoms with Crippen LogP contribution in [0.15, 0.2) is 54.6 Å². The van der Waals surface area contributed by atoms with E-state index in [0.717, 1.165) is 22.9 Å². The van der Waals surface area contributed by atoms with Gasteiger partial charge in [0.25, 0.3) is 23.4 Å². The fraction of sp³-hybridized carbons (Fsp3) is 0.318. The Labute approximate surface area is 173 Å². The number of hydrogen-bond acceptors (Lipinski definition) is 5. The number of benzene rings is 2. The number of carbonyl (C=O) groups excluding carboxylic acids is 3. The van der Waals surface area contributed by atoms with Crippen molar-refractivity contribution in [2.75, 3.05) is 0 Å². The largest absolute Gasteiger partial charge is 0.282 e. The minimum absolute atomic E-state index is 0.0390. The van der Waals surface area contributed by atoms with Crippen LogP contribution in [0.3, 0.4) is 0 Å². The molecule has 30 heavy (non-hydrogen) atoms. The molecule has 2 aliphatic rings. The van der Waals surface area contributed by atoms with Gasteiger partial charge in [0.1, 0.15) is 5.56 Å². The van der Waals surface area contributed by atoms with E-state index in [1.807, 2.05) is 6.07 Å². The second-order valence-electron chi connectivity index (χ2n) is 7.61. The van der Waals surface area contributed by atoms with Crippen LogP contribution in [0.4, 0.5) is 5.69 Å². The van der Waals surface area contributed by atoms with Crippen LogP contribution in [0.25, 0.3) is 0 Å². The summed E-state index contributed by atoms with van der Waals surface area (Å²) in [4.78, 5) is 50.5. The molecule has 8 nitrogen and oxygen atoms in total. The molecule has 154 valence electrons. The third-order valence-electron chi connectivity index (χ3n) is 5.80. The third kappa shape index (κ3) is 3.45. The lowest BCUT2D eigenvalue weighted by molar-refractivity contribution is -0.385. The summed E-state index contributed by atoms with van der Waals surface area (Å²) in [7, 11) is 0. The van der Waals surface area contributed by atoms with E-state index in [9.17, 15) is 24.5 Å². The fourth-order valence-electron chi connectivity index (χ4n) is 4.33. The summed E-state index contributed by atoms with van der Waals surface area (Å²) in [6.07, 6.45) is 2.96. The van der Waals surface area contributed by atoms with Crippen LogP contribution in [-0.2, 0) is 16.1 Å². The van der Waals surface area contributed by atoms with Crippen LogP contribution >= 0.6 is 0 Å². The number of carbonyl (C=O) groups is 3. The number of hydrazine groups is 1. The molecule has 0 bridgehead atoms. The molecule has 0 aromatic heterocycles. The zero-order valence-electron chi connectivity index (χ0n) is 16.3. The Morgan fingerprint density at radius 1 is 0.967 bits per heavy atom. The van der Waals surface area contributed by atoms with Crippen molar-refractivity contribution in [1.29, 1.82) is 0 Å². The first kappa shape index (κ1) is 19.8. The Bertz CT molecular complexity index is 983. The van der Waals surface area contributed by atoms with Gasteiger partial charge >= 0.3 is 0 Å². The van der Waals surface area contributed by atoms with Crippen molar-refractivity contribution in [1.82, 2.24) is 10.0 Å². The molecule has 1 saturated heterocycles. The molecule has 2 aromatic rings. The quantitative estimate of drug-likeness (QED) is 0.430. The highest BCUT2D eigenvalue weighted by Gasteiger charge is 2.51. The molecule has 0 unspecified atom stereocenters. The average Bonchev–Trinajstić information content (AvgIpc) is 3.03. The van der Waals surface area contributed by atoms with Crippen LogP contribution in [-0.4, -0.2) is 32.7 Å². The summed E-state index contributed by atoms with van der Waals surface area (Å²) in [6.45, 7) is -0.0390. The maximum atomic E-state index is 13.4. The van der Waals surface area contributed by atoms with Gasteiger partial charge in [0.05, 0.1) is 23.3 Å². The minimum Gasteiger partial charge on any atom is -0.272 e. The summed E-state index contributed by atoms with van der Waals surface area (Å²) in [5.74, 6) is -2.39. The first-order valence-corrected chi connectivity index (χ1v) is 9.96. The van der Waals surface area contributed by atoms with Gasteiger partial charge in [0.2, 0.25) is 0 Å². The Balaban J connectivity index is 1.76. The Morgan fingerprint density at radius 3 is 2.13 bits per heavy atom. The molecule has 4 rings (SSSR count). The summed E-state index contributed by atoms with van der Waals surface area (Å²) < 4.78 is 0. The Morgan fingerprint density at radius 2 is 1.53 bits per heavy atom. The zero-order valence-corrected chi connectivity index (χ0v) is 16.3. The lowest BCUT2D eigenvalue weighted by Gasteiger charge is -2.30. The molecule has 2 atom stereocenters. The van der Waals surface area contributed by atoms with E-state index in [-0.39, 0.29) is 17.8 Å². The van der Waals surface area contributed by atoms with Crippen LogP contribution in [0.1, 0.15) is 41.6 Å². The molecule has 1 heterocycles. The van der Waals surface area contributed by atoms with Crippen molar-refractivity contribution in [3.05, 3.63) is 75.8 Å². The molecule has 2 fully saturated rings. The van der Waals surface area contributed by atoms with Crippen LogP contribution in [0, 0.1) is 22.0 Å². The minimum atomic E-state index is -0.744. The van der Waals surface area contributed by atoms with Crippen molar-refractivity contribution < 1.29 is 19.3 Å². The van der Waals surface area contributed by atoms with Crippen LogP contribution in [0.2, 0.25) is 0 Å². The topological polar surface area (TPSA) is 101 Å². The first-order chi connectivity index (χ1) is 14.5. The van der Waals surface area contributed by atoms with Crippen molar-refractivity contribution in [2.45, 2.75) is 32.2 Å². The first-order valence-electron chi connectivity index (χ1n) is 9.96. The molecular formula is C22H21N3O5. The smallest absolute Gasteiger partial charge is 0.272 e. The van der Waals surface area contributed by atoms with E-state index in [1.165, 1.54) is 24.3 Å². The molecule has 0 N–H and O–H groups in total. The predicted octanol–water partition coefficient (Wildman–Crippen LogP) is 3.33. The summed E-state index contributed by atoms with van der Waals surface area (Å²) in [6, 6.07) is 14.5. The number of nitro benzene ring substituents is 1. The number of fused-ring (bicyclic) bond motifs is 1. The lowest BCUT2D eigenvalue weighted by Crippen LogP contribution is -2.49. The molecule has 1 saturated carbocycles. The Kier molecular flexibility index (Phi) is 5.31. The van der Waals surface area contributed by atoms with Crippen molar-refractivity contribution in [3.8, 4) is 0 Å². The van der Waals surface area contributed by atoms with Crippen molar-refractivity contribution in [3.63, 3.8) is 0 Å². The maximum absolute atomic E-state index is 13.4. The number of hydrogen-bond donors (Lipinski definition) is 0. The monoisotopic (exact) mass is 407 g/mol. The highest BCUT2D eigenvalue weighted by atomic mass is 16.6. The van der Waals surface area contributed by atoms with Gasteiger partial charge in [-0.2, -0.15) is 5.01 Å². The summed E-state index contributed by atoms with van der Waals surface area (Å²) >= 11 is 0. The number of amides is 3. The summed E-state index contributed by atoms with van der Waals surface area (Å²) in [5.41, 5.74) is 0.186. The average molecular weight is 407 g/mol. The van der Waals surface area contributed by atoms with Gasteiger partial charge in [-0.1, -0.05) is 55.3 Å². The maximum Gasteiger partial charge on any atom is 0.282 e. The molecular weight excluding hydrogens is 386 g/mol.